The molecule has 7 heteroatoms. The van der Waals surface area contributed by atoms with E-state index in [-0.39, 0.29) is 18.5 Å². The molecule has 0 radical (unpaired) electrons. The highest BCUT2D eigenvalue weighted by Crippen LogP contribution is 2.26. The van der Waals surface area contributed by atoms with Gasteiger partial charge in [-0.2, -0.15) is 0 Å². The molecule has 132 valence electrons. The lowest BCUT2D eigenvalue weighted by molar-refractivity contribution is -0.131. The number of benzene rings is 1. The summed E-state index contributed by atoms with van der Waals surface area (Å²) in [6.45, 7) is 3.96. The fourth-order valence-electron chi connectivity index (χ4n) is 2.88. The van der Waals surface area contributed by atoms with E-state index in [2.05, 4.69) is 10.3 Å². The third-order valence-corrected chi connectivity index (χ3v) is 5.30. The van der Waals surface area contributed by atoms with E-state index in [0.29, 0.717) is 12.8 Å². The molecule has 3 amide bonds. The second-order valence-electron chi connectivity index (χ2n) is 6.35. The summed E-state index contributed by atoms with van der Waals surface area (Å²) in [4.78, 5) is 31.4. The van der Waals surface area contributed by atoms with E-state index in [0.717, 1.165) is 21.2 Å². The molecule has 1 aromatic heterocycles. The van der Waals surface area contributed by atoms with Gasteiger partial charge in [0.05, 0.1) is 18.7 Å². The highest BCUT2D eigenvalue weighted by Gasteiger charge is 2.47. The summed E-state index contributed by atoms with van der Waals surface area (Å²) >= 11 is 1.50. The molecule has 1 N–H and O–H groups in total. The second-order valence-corrected chi connectivity index (χ2v) is 7.67. The smallest absolute Gasteiger partial charge is 0.325 e. The quantitative estimate of drug-likeness (QED) is 0.805. The van der Waals surface area contributed by atoms with Crippen LogP contribution in [0.4, 0.5) is 4.79 Å². The van der Waals surface area contributed by atoms with Crippen LogP contribution in [0.15, 0.2) is 30.5 Å². The summed E-state index contributed by atoms with van der Waals surface area (Å²) < 4.78 is 5.15. The molecule has 1 aliphatic rings. The van der Waals surface area contributed by atoms with Crippen LogP contribution < -0.4 is 10.1 Å². The molecular formula is C18H21N3O3S. The Morgan fingerprint density at radius 1 is 1.28 bits per heavy atom. The number of rotatable bonds is 6. The van der Waals surface area contributed by atoms with Gasteiger partial charge in [-0.25, -0.2) is 9.78 Å². The van der Waals surface area contributed by atoms with Crippen LogP contribution in [0, 0.1) is 6.92 Å². The largest absolute Gasteiger partial charge is 0.497 e. The number of methoxy groups -OCH3 is 1. The number of imide groups is 1. The minimum absolute atomic E-state index is 0.183. The molecule has 3 rings (SSSR count). The maximum atomic E-state index is 12.8. The van der Waals surface area contributed by atoms with Crippen LogP contribution in [0.25, 0.3) is 0 Å². The van der Waals surface area contributed by atoms with Crippen molar-refractivity contribution in [3.8, 4) is 5.75 Å². The third kappa shape index (κ3) is 3.66. The van der Waals surface area contributed by atoms with E-state index in [9.17, 15) is 9.59 Å². The lowest BCUT2D eigenvalue weighted by atomic mass is 9.93. The molecule has 0 unspecified atom stereocenters. The first-order valence-electron chi connectivity index (χ1n) is 8.09. The van der Waals surface area contributed by atoms with Crippen molar-refractivity contribution in [3.63, 3.8) is 0 Å². The molecule has 1 atom stereocenters. The minimum Gasteiger partial charge on any atom is -0.497 e. The number of urea groups is 1. The summed E-state index contributed by atoms with van der Waals surface area (Å²) in [5, 5.41) is 3.77. The van der Waals surface area contributed by atoms with Gasteiger partial charge in [-0.1, -0.05) is 12.1 Å². The Balaban J connectivity index is 1.66. The molecule has 0 aliphatic carbocycles. The zero-order valence-electron chi connectivity index (χ0n) is 14.5. The van der Waals surface area contributed by atoms with Crippen molar-refractivity contribution < 1.29 is 14.3 Å². The van der Waals surface area contributed by atoms with E-state index in [1.54, 1.807) is 20.2 Å². The monoisotopic (exact) mass is 359 g/mol. The van der Waals surface area contributed by atoms with Gasteiger partial charge in [0.2, 0.25) is 0 Å². The number of nitrogens with one attached hydrogen (secondary N) is 1. The fraction of sp³-hybridized carbons (Fsp3) is 0.389. The molecule has 1 saturated heterocycles. The first kappa shape index (κ1) is 17.4. The van der Waals surface area contributed by atoms with Gasteiger partial charge in [-0.3, -0.25) is 9.69 Å². The normalized spacial score (nSPS) is 20.0. The van der Waals surface area contributed by atoms with Gasteiger partial charge < -0.3 is 10.1 Å². The number of aromatic nitrogens is 1. The lowest BCUT2D eigenvalue weighted by Crippen LogP contribution is -2.44. The first-order valence-corrected chi connectivity index (χ1v) is 8.91. The Labute approximate surface area is 150 Å². The van der Waals surface area contributed by atoms with Gasteiger partial charge in [0.25, 0.3) is 5.91 Å². The Hall–Kier alpha value is -2.41. The van der Waals surface area contributed by atoms with Gasteiger partial charge in [0.1, 0.15) is 11.3 Å². The summed E-state index contributed by atoms with van der Waals surface area (Å²) in [5.41, 5.74) is 0.220. The number of nitrogens with zero attached hydrogens (tertiary/aromatic N) is 2. The summed E-state index contributed by atoms with van der Waals surface area (Å²) in [7, 11) is 1.63. The molecule has 6 nitrogen and oxygen atoms in total. The summed E-state index contributed by atoms with van der Waals surface area (Å²) in [6.07, 6.45) is 2.95. The predicted octanol–water partition coefficient (Wildman–Crippen LogP) is 2.90. The van der Waals surface area contributed by atoms with Gasteiger partial charge in [-0.05, 0) is 44.4 Å². The van der Waals surface area contributed by atoms with E-state index in [1.165, 1.54) is 16.2 Å². The number of hydrogen-bond acceptors (Lipinski definition) is 5. The SMILES string of the molecule is COc1ccc(CC[C@]2(C)NC(=O)N(Cc3cnc(C)s3)C2=O)cc1. The van der Waals surface area contributed by atoms with Crippen LogP contribution in [0.2, 0.25) is 0 Å². The molecular weight excluding hydrogens is 338 g/mol. The predicted molar refractivity (Wildman–Crippen MR) is 95.7 cm³/mol. The highest BCUT2D eigenvalue weighted by atomic mass is 32.1. The average molecular weight is 359 g/mol. The second kappa shape index (κ2) is 6.84. The molecule has 25 heavy (non-hydrogen) atoms. The Morgan fingerprint density at radius 2 is 2.00 bits per heavy atom. The molecule has 0 spiro atoms. The van der Waals surface area contributed by atoms with Crippen LogP contribution in [-0.4, -0.2) is 34.5 Å². The number of hydrogen-bond donors (Lipinski definition) is 1. The Morgan fingerprint density at radius 3 is 2.60 bits per heavy atom. The fourth-order valence-corrected chi connectivity index (χ4v) is 3.66. The minimum atomic E-state index is -0.878. The first-order chi connectivity index (χ1) is 11.9. The highest BCUT2D eigenvalue weighted by molar-refractivity contribution is 7.11. The van der Waals surface area contributed by atoms with Crippen LogP contribution in [0.3, 0.4) is 0 Å². The van der Waals surface area contributed by atoms with Crippen LogP contribution >= 0.6 is 11.3 Å². The van der Waals surface area contributed by atoms with Crippen LogP contribution in [0.5, 0.6) is 5.75 Å². The average Bonchev–Trinajstić information content (AvgIpc) is 3.10. The van der Waals surface area contributed by atoms with Gasteiger partial charge in [0.15, 0.2) is 0 Å². The maximum absolute atomic E-state index is 12.8. The Kier molecular flexibility index (Phi) is 4.76. The van der Waals surface area contributed by atoms with Crippen LogP contribution in [0.1, 0.15) is 28.8 Å². The van der Waals surface area contributed by atoms with Gasteiger partial charge in [-0.15, -0.1) is 11.3 Å². The summed E-state index contributed by atoms with van der Waals surface area (Å²) in [5.74, 6) is 0.614. The van der Waals surface area contributed by atoms with E-state index in [4.69, 9.17) is 4.74 Å². The number of aryl methyl sites for hydroxylation is 2. The van der Waals surface area contributed by atoms with E-state index >= 15 is 0 Å². The number of carbonyl (C=O) groups is 2. The van der Waals surface area contributed by atoms with Crippen molar-refractivity contribution in [2.75, 3.05) is 7.11 Å². The number of amides is 3. The van der Waals surface area contributed by atoms with Crippen molar-refractivity contribution in [2.24, 2.45) is 0 Å². The Bertz CT molecular complexity index is 787. The molecule has 1 aromatic carbocycles. The molecule has 1 aliphatic heterocycles. The number of carbonyl (C=O) groups excluding carboxylic acids is 2. The molecule has 2 heterocycles. The zero-order chi connectivity index (χ0) is 18.0. The number of thiazole rings is 1. The third-order valence-electron chi connectivity index (χ3n) is 4.40. The molecule has 1 fully saturated rings. The van der Waals surface area contributed by atoms with Gasteiger partial charge >= 0.3 is 6.03 Å². The van der Waals surface area contributed by atoms with E-state index < -0.39 is 5.54 Å². The van der Waals surface area contributed by atoms with Crippen molar-refractivity contribution in [1.29, 1.82) is 0 Å². The zero-order valence-corrected chi connectivity index (χ0v) is 15.4. The van der Waals surface area contributed by atoms with E-state index in [1.807, 2.05) is 31.2 Å². The maximum Gasteiger partial charge on any atom is 0.325 e. The lowest BCUT2D eigenvalue weighted by Gasteiger charge is -2.21. The van der Waals surface area contributed by atoms with Gasteiger partial charge in [0, 0.05) is 11.1 Å². The van der Waals surface area contributed by atoms with Crippen molar-refractivity contribution in [3.05, 3.63) is 45.9 Å². The molecule has 0 bridgehead atoms. The number of ether oxygens (including phenoxy) is 1. The standard InChI is InChI=1S/C18H21N3O3S/c1-12-19-10-15(25-12)11-21-16(22)18(2,20-17(21)23)9-8-13-4-6-14(24-3)7-5-13/h4-7,10H,8-9,11H2,1-3H3,(H,20,23)/t18-/m0/s1. The molecule has 0 saturated carbocycles. The van der Waals surface area contributed by atoms with Crippen molar-refractivity contribution >= 4 is 23.3 Å². The van der Waals surface area contributed by atoms with Crippen molar-refractivity contribution in [2.45, 2.75) is 38.8 Å². The topological polar surface area (TPSA) is 71.5 Å². The summed E-state index contributed by atoms with van der Waals surface area (Å²) in [6, 6.07) is 7.40. The van der Waals surface area contributed by atoms with Crippen molar-refractivity contribution in [1.82, 2.24) is 15.2 Å². The molecule has 2 aromatic rings. The van der Waals surface area contributed by atoms with Crippen LogP contribution in [-0.2, 0) is 17.8 Å².